The van der Waals surface area contributed by atoms with E-state index in [1.807, 2.05) is 6.20 Å². The van der Waals surface area contributed by atoms with Gasteiger partial charge in [-0.1, -0.05) is 51.4 Å². The first kappa shape index (κ1) is 16.3. The summed E-state index contributed by atoms with van der Waals surface area (Å²) in [6, 6.07) is 26.5. The van der Waals surface area contributed by atoms with Gasteiger partial charge >= 0.3 is 0 Å². The minimum Gasteiger partial charge on any atom is -0.308 e. The van der Waals surface area contributed by atoms with Gasteiger partial charge in [-0.25, -0.2) is 0 Å². The van der Waals surface area contributed by atoms with E-state index >= 15 is 0 Å². The molecule has 0 fully saturated rings. The molecule has 2 nitrogen and oxygen atoms in total. The van der Waals surface area contributed by atoms with E-state index in [2.05, 4.69) is 98.4 Å². The highest BCUT2D eigenvalue weighted by Gasteiger charge is 2.20. The van der Waals surface area contributed by atoms with E-state index in [9.17, 15) is 0 Å². The molecule has 0 spiro atoms. The molecule has 0 unspecified atom stereocenters. The van der Waals surface area contributed by atoms with Crippen LogP contribution in [0.25, 0.3) is 59.8 Å². The molecule has 0 amide bonds. The van der Waals surface area contributed by atoms with Gasteiger partial charge in [-0.2, -0.15) is 0 Å². The number of halogens is 1. The zero-order valence-corrected chi connectivity index (χ0v) is 18.2. The quantitative estimate of drug-likeness (QED) is 0.129. The molecule has 4 heteroatoms. The van der Waals surface area contributed by atoms with Crippen LogP contribution in [0.2, 0.25) is 0 Å². The van der Waals surface area contributed by atoms with Crippen molar-refractivity contribution in [2.45, 2.75) is 4.90 Å². The fraction of sp³-hybridized carbons (Fsp3) is 0. The summed E-state index contributed by atoms with van der Waals surface area (Å²) < 4.78 is 2.45. The van der Waals surface area contributed by atoms with Crippen LogP contribution in [-0.4, -0.2) is 9.38 Å². The number of pyridine rings is 2. The van der Waals surface area contributed by atoms with Gasteiger partial charge in [0.25, 0.3) is 0 Å². The smallest absolute Gasteiger partial charge is 0.0823 e. The Kier molecular flexibility index (Phi) is 3.22. The van der Waals surface area contributed by atoms with Gasteiger partial charge < -0.3 is 4.40 Å². The van der Waals surface area contributed by atoms with Gasteiger partial charge in [0.1, 0.15) is 0 Å². The maximum Gasteiger partial charge on any atom is 0.0823 e. The summed E-state index contributed by atoms with van der Waals surface area (Å²) in [7, 11) is 1.78. The minimum atomic E-state index is 1.09. The highest BCUT2D eigenvalue weighted by Crippen LogP contribution is 2.45. The molecule has 0 saturated carbocycles. The SMILES string of the molecule is ISc1cc2c3ccccc3n3c4cc5ccccc5cc4c4nccc1c4c23. The van der Waals surface area contributed by atoms with Crippen molar-refractivity contribution >= 4 is 89.9 Å². The zero-order valence-electron chi connectivity index (χ0n) is 15.2. The van der Waals surface area contributed by atoms with E-state index in [4.69, 9.17) is 4.98 Å². The third-order valence-electron chi connectivity index (χ3n) is 6.09. The van der Waals surface area contributed by atoms with Crippen molar-refractivity contribution in [3.8, 4) is 0 Å². The summed E-state index contributed by atoms with van der Waals surface area (Å²) in [5.41, 5.74) is 4.85. The lowest BCUT2D eigenvalue weighted by molar-refractivity contribution is 1.34. The van der Waals surface area contributed by atoms with Crippen LogP contribution in [0.5, 0.6) is 0 Å². The molecule has 4 aromatic carbocycles. The molecule has 7 aromatic rings. The van der Waals surface area contributed by atoms with Crippen molar-refractivity contribution in [3.05, 3.63) is 79.0 Å². The van der Waals surface area contributed by atoms with Crippen molar-refractivity contribution in [1.82, 2.24) is 9.38 Å². The number of fused-ring (bicyclic) bond motifs is 7. The van der Waals surface area contributed by atoms with Crippen LogP contribution >= 0.6 is 30.1 Å². The molecule has 0 atom stereocenters. The highest BCUT2D eigenvalue weighted by molar-refractivity contribution is 14.2. The molecule has 0 aliphatic carbocycles. The van der Waals surface area contributed by atoms with Crippen LogP contribution in [0.1, 0.15) is 0 Å². The third kappa shape index (κ3) is 2.01. The third-order valence-corrected chi connectivity index (χ3v) is 8.01. The van der Waals surface area contributed by atoms with Gasteiger partial charge in [0.05, 0.1) is 22.1 Å². The fourth-order valence-electron chi connectivity index (χ4n) is 4.89. The van der Waals surface area contributed by atoms with Gasteiger partial charge in [0.15, 0.2) is 0 Å². The molecular formula is C25H13IN2S. The van der Waals surface area contributed by atoms with Crippen molar-refractivity contribution in [2.24, 2.45) is 0 Å². The molecule has 0 aliphatic heterocycles. The number of aromatic nitrogens is 2. The topological polar surface area (TPSA) is 17.3 Å². The van der Waals surface area contributed by atoms with Gasteiger partial charge in [-0.3, -0.25) is 4.98 Å². The Balaban J connectivity index is 1.94. The second-order valence-corrected chi connectivity index (χ2v) is 9.41. The fourth-order valence-corrected chi connectivity index (χ4v) is 6.40. The van der Waals surface area contributed by atoms with E-state index < -0.39 is 0 Å². The average Bonchev–Trinajstić information content (AvgIpc) is 3.12. The van der Waals surface area contributed by atoms with Crippen molar-refractivity contribution in [3.63, 3.8) is 0 Å². The average molecular weight is 500 g/mol. The lowest BCUT2D eigenvalue weighted by atomic mass is 10.0. The summed E-state index contributed by atoms with van der Waals surface area (Å²) in [6.45, 7) is 0. The largest absolute Gasteiger partial charge is 0.308 e. The summed E-state index contributed by atoms with van der Waals surface area (Å²) in [4.78, 5) is 6.18. The molecule has 3 aromatic heterocycles. The summed E-state index contributed by atoms with van der Waals surface area (Å²) >= 11 is 2.40. The first-order valence-corrected chi connectivity index (χ1v) is 12.9. The summed E-state index contributed by atoms with van der Waals surface area (Å²) in [5.74, 6) is 0. The Morgan fingerprint density at radius 3 is 2.38 bits per heavy atom. The normalized spacial score (nSPS) is 12.4. The Bertz CT molecular complexity index is 1750. The second-order valence-electron chi connectivity index (χ2n) is 7.50. The lowest BCUT2D eigenvalue weighted by Crippen LogP contribution is -1.95. The van der Waals surface area contributed by atoms with Gasteiger partial charge in [0.2, 0.25) is 0 Å². The van der Waals surface area contributed by atoms with E-state index in [-0.39, 0.29) is 0 Å². The van der Waals surface area contributed by atoms with Crippen molar-refractivity contribution in [2.75, 3.05) is 0 Å². The molecule has 7 rings (SSSR count). The molecular weight excluding hydrogens is 487 g/mol. The van der Waals surface area contributed by atoms with E-state index in [0.29, 0.717) is 0 Å². The maximum absolute atomic E-state index is 4.89. The monoisotopic (exact) mass is 500 g/mol. The number of para-hydroxylation sites is 1. The number of nitrogens with zero attached hydrogens (tertiary/aromatic N) is 2. The van der Waals surface area contributed by atoms with Gasteiger partial charge in [0, 0.05) is 59.2 Å². The predicted molar refractivity (Wildman–Crippen MR) is 134 cm³/mol. The van der Waals surface area contributed by atoms with E-state index in [1.54, 1.807) is 8.93 Å². The Morgan fingerprint density at radius 1 is 0.724 bits per heavy atom. The van der Waals surface area contributed by atoms with Gasteiger partial charge in [-0.05, 0) is 41.1 Å². The maximum atomic E-state index is 4.89. The predicted octanol–water partition coefficient (Wildman–Crippen LogP) is 7.98. The molecule has 0 saturated heterocycles. The first-order chi connectivity index (χ1) is 14.3. The Hall–Kier alpha value is -2.57. The highest BCUT2D eigenvalue weighted by atomic mass is 127. The van der Waals surface area contributed by atoms with Crippen LogP contribution < -0.4 is 0 Å². The number of benzene rings is 4. The van der Waals surface area contributed by atoms with Crippen molar-refractivity contribution < 1.29 is 0 Å². The zero-order chi connectivity index (χ0) is 19.1. The molecule has 136 valence electrons. The first-order valence-electron chi connectivity index (χ1n) is 9.52. The van der Waals surface area contributed by atoms with E-state index in [0.717, 1.165) is 5.52 Å². The number of rotatable bonds is 1. The van der Waals surface area contributed by atoms with Crippen LogP contribution in [0.4, 0.5) is 0 Å². The van der Waals surface area contributed by atoms with Crippen LogP contribution in [0, 0.1) is 0 Å². The molecule has 0 bridgehead atoms. The van der Waals surface area contributed by atoms with Crippen LogP contribution in [0.3, 0.4) is 0 Å². The molecule has 0 N–H and O–H groups in total. The number of hydrogen-bond acceptors (Lipinski definition) is 2. The molecule has 29 heavy (non-hydrogen) atoms. The van der Waals surface area contributed by atoms with Gasteiger partial charge in [-0.15, -0.1) is 0 Å². The standard InChI is InChI=1S/C25H13IN2S/c26-29-22-13-18-16-7-3-4-8-20(16)28-21-12-15-6-2-1-5-14(15)11-19(21)24-23(25(18)28)17(22)9-10-27-24/h1-13H. The molecule has 0 radical (unpaired) electrons. The Labute approximate surface area is 182 Å². The summed E-state index contributed by atoms with van der Waals surface area (Å²) in [6.07, 6.45) is 1.96. The van der Waals surface area contributed by atoms with Crippen LogP contribution in [-0.2, 0) is 0 Å². The Morgan fingerprint density at radius 2 is 1.52 bits per heavy atom. The summed E-state index contributed by atoms with van der Waals surface area (Å²) in [5, 5.41) is 8.87. The molecule has 3 heterocycles. The molecule has 0 aliphatic rings. The lowest BCUT2D eigenvalue weighted by Gasteiger charge is -2.14. The van der Waals surface area contributed by atoms with Crippen LogP contribution in [0.15, 0.2) is 83.9 Å². The van der Waals surface area contributed by atoms with E-state index in [1.165, 1.54) is 59.1 Å². The van der Waals surface area contributed by atoms with Crippen molar-refractivity contribution in [1.29, 1.82) is 0 Å². The minimum absolute atomic E-state index is 1.09. The number of hydrogen-bond donors (Lipinski definition) is 0. The second kappa shape index (κ2) is 5.74.